The third kappa shape index (κ3) is 4.32. The molecule has 3 rings (SSSR count). The second-order valence-corrected chi connectivity index (χ2v) is 8.37. The Morgan fingerprint density at radius 3 is 2.33 bits per heavy atom. The molecule has 1 fully saturated rings. The van der Waals surface area contributed by atoms with Crippen LogP contribution in [-0.2, 0) is 4.79 Å². The number of carbonyl (C=O) groups is 1. The van der Waals surface area contributed by atoms with Crippen molar-refractivity contribution in [2.75, 3.05) is 22.9 Å². The Labute approximate surface area is 178 Å². The standard InChI is InChI=1S/C20H18Cl2N2OS2/c1-3-23(4-2)14-7-5-13(6-8-14)11-18-19(25)24(20(26)27-18)15-9-10-16(21)17(22)12-15/h5-12H,3-4H2,1-2H3. The van der Waals surface area contributed by atoms with Gasteiger partial charge in [-0.15, -0.1) is 0 Å². The predicted octanol–water partition coefficient (Wildman–Crippen LogP) is 6.25. The van der Waals surface area contributed by atoms with Crippen LogP contribution in [0.2, 0.25) is 10.0 Å². The first-order chi connectivity index (χ1) is 12.9. The Bertz CT molecular complexity index is 909. The summed E-state index contributed by atoms with van der Waals surface area (Å²) in [6.07, 6.45) is 1.86. The van der Waals surface area contributed by atoms with E-state index < -0.39 is 0 Å². The molecule has 1 amide bonds. The van der Waals surface area contributed by atoms with E-state index in [0.717, 1.165) is 18.7 Å². The minimum Gasteiger partial charge on any atom is -0.372 e. The number of hydrogen-bond acceptors (Lipinski definition) is 4. The first-order valence-corrected chi connectivity index (χ1v) is 10.5. The van der Waals surface area contributed by atoms with Crippen LogP contribution < -0.4 is 9.80 Å². The van der Waals surface area contributed by atoms with Crippen molar-refractivity contribution in [1.82, 2.24) is 0 Å². The lowest BCUT2D eigenvalue weighted by molar-refractivity contribution is -0.113. The van der Waals surface area contributed by atoms with Gasteiger partial charge in [0.1, 0.15) is 0 Å². The van der Waals surface area contributed by atoms with Crippen LogP contribution in [0.15, 0.2) is 47.4 Å². The van der Waals surface area contributed by atoms with Crippen molar-refractivity contribution >= 4 is 74.9 Å². The maximum absolute atomic E-state index is 12.8. The molecule has 0 radical (unpaired) electrons. The predicted molar refractivity (Wildman–Crippen MR) is 122 cm³/mol. The molecule has 0 atom stereocenters. The Hall–Kier alpha value is -1.53. The Balaban J connectivity index is 1.84. The molecule has 27 heavy (non-hydrogen) atoms. The summed E-state index contributed by atoms with van der Waals surface area (Å²) in [5.41, 5.74) is 2.74. The van der Waals surface area contributed by atoms with E-state index in [4.69, 9.17) is 35.4 Å². The Kier molecular flexibility index (Phi) is 6.48. The van der Waals surface area contributed by atoms with E-state index in [1.807, 2.05) is 18.2 Å². The van der Waals surface area contributed by atoms with Gasteiger partial charge in [0.05, 0.1) is 20.6 Å². The summed E-state index contributed by atoms with van der Waals surface area (Å²) >= 11 is 18.7. The first kappa shape index (κ1) is 20.2. The van der Waals surface area contributed by atoms with Gasteiger partial charge in [0.2, 0.25) is 0 Å². The summed E-state index contributed by atoms with van der Waals surface area (Å²) in [6, 6.07) is 13.2. The van der Waals surface area contributed by atoms with Crippen LogP contribution in [0.3, 0.4) is 0 Å². The largest absolute Gasteiger partial charge is 0.372 e. The van der Waals surface area contributed by atoms with Gasteiger partial charge in [0.15, 0.2) is 4.32 Å². The van der Waals surface area contributed by atoms with E-state index >= 15 is 0 Å². The number of rotatable bonds is 5. The number of thioether (sulfide) groups is 1. The van der Waals surface area contributed by atoms with Gasteiger partial charge >= 0.3 is 0 Å². The molecule has 1 aliphatic rings. The van der Waals surface area contributed by atoms with Crippen molar-refractivity contribution in [3.63, 3.8) is 0 Å². The Morgan fingerprint density at radius 1 is 1.07 bits per heavy atom. The highest BCUT2D eigenvalue weighted by molar-refractivity contribution is 8.27. The minimum atomic E-state index is -0.156. The van der Waals surface area contributed by atoms with E-state index in [-0.39, 0.29) is 5.91 Å². The molecule has 0 aliphatic carbocycles. The summed E-state index contributed by atoms with van der Waals surface area (Å²) < 4.78 is 0.476. The number of anilines is 2. The van der Waals surface area contributed by atoms with E-state index in [1.165, 1.54) is 22.3 Å². The molecule has 0 bridgehead atoms. The summed E-state index contributed by atoms with van der Waals surface area (Å²) in [6.45, 7) is 6.17. The van der Waals surface area contributed by atoms with Gasteiger partial charge in [0, 0.05) is 18.8 Å². The quantitative estimate of drug-likeness (QED) is 0.408. The van der Waals surface area contributed by atoms with Crippen LogP contribution in [-0.4, -0.2) is 23.3 Å². The van der Waals surface area contributed by atoms with Crippen LogP contribution in [0, 0.1) is 0 Å². The number of benzene rings is 2. The van der Waals surface area contributed by atoms with E-state index in [2.05, 4.69) is 30.9 Å². The summed E-state index contributed by atoms with van der Waals surface area (Å²) in [4.78, 5) is 17.2. The zero-order chi connectivity index (χ0) is 19.6. The smallest absolute Gasteiger partial charge is 0.270 e. The lowest BCUT2D eigenvalue weighted by atomic mass is 10.1. The van der Waals surface area contributed by atoms with Crippen LogP contribution in [0.4, 0.5) is 11.4 Å². The number of nitrogens with zero attached hydrogens (tertiary/aromatic N) is 2. The zero-order valence-electron chi connectivity index (χ0n) is 14.9. The molecular formula is C20H18Cl2N2OS2. The summed E-state index contributed by atoms with van der Waals surface area (Å²) in [5.74, 6) is -0.156. The van der Waals surface area contributed by atoms with Gasteiger partial charge < -0.3 is 4.90 Å². The molecule has 1 saturated heterocycles. The van der Waals surface area contributed by atoms with Crippen molar-refractivity contribution in [3.8, 4) is 0 Å². The number of hydrogen-bond donors (Lipinski definition) is 0. The molecular weight excluding hydrogens is 419 g/mol. The third-order valence-corrected chi connectivity index (χ3v) is 6.32. The van der Waals surface area contributed by atoms with Crippen LogP contribution in [0.5, 0.6) is 0 Å². The second kappa shape index (κ2) is 8.65. The molecule has 0 unspecified atom stereocenters. The van der Waals surface area contributed by atoms with E-state index in [0.29, 0.717) is 25.0 Å². The maximum atomic E-state index is 12.8. The summed E-state index contributed by atoms with van der Waals surface area (Å²) in [5, 5.41) is 0.828. The molecule has 2 aromatic carbocycles. The molecule has 3 nitrogen and oxygen atoms in total. The minimum absolute atomic E-state index is 0.156. The van der Waals surface area contributed by atoms with Gasteiger partial charge in [-0.2, -0.15) is 0 Å². The normalized spacial score (nSPS) is 15.7. The van der Waals surface area contributed by atoms with Gasteiger partial charge in [-0.25, -0.2) is 0 Å². The van der Waals surface area contributed by atoms with Gasteiger partial charge in [-0.05, 0) is 55.8 Å². The van der Waals surface area contributed by atoms with Gasteiger partial charge in [-0.1, -0.05) is 59.3 Å². The average Bonchev–Trinajstić information content (AvgIpc) is 2.93. The number of halogens is 2. The number of carbonyl (C=O) groups excluding carboxylic acids is 1. The highest BCUT2D eigenvalue weighted by Gasteiger charge is 2.33. The highest BCUT2D eigenvalue weighted by Crippen LogP contribution is 2.38. The molecule has 7 heteroatoms. The van der Waals surface area contributed by atoms with E-state index in [9.17, 15) is 4.79 Å². The summed E-state index contributed by atoms with van der Waals surface area (Å²) in [7, 11) is 0. The zero-order valence-corrected chi connectivity index (χ0v) is 18.1. The monoisotopic (exact) mass is 436 g/mol. The maximum Gasteiger partial charge on any atom is 0.270 e. The SMILES string of the molecule is CCN(CC)c1ccc(C=C2SC(=S)N(c3ccc(Cl)c(Cl)c3)C2=O)cc1. The second-order valence-electron chi connectivity index (χ2n) is 5.88. The van der Waals surface area contributed by atoms with Gasteiger partial charge in [0.25, 0.3) is 5.91 Å². The number of thiocarbonyl (C=S) groups is 1. The van der Waals surface area contributed by atoms with Crippen molar-refractivity contribution in [2.45, 2.75) is 13.8 Å². The lowest BCUT2D eigenvalue weighted by Gasteiger charge is -2.20. The fourth-order valence-corrected chi connectivity index (χ4v) is 4.43. The molecule has 1 heterocycles. The molecule has 0 N–H and O–H groups in total. The fraction of sp³-hybridized carbons (Fsp3) is 0.200. The van der Waals surface area contributed by atoms with Crippen LogP contribution >= 0.6 is 47.2 Å². The average molecular weight is 437 g/mol. The molecule has 0 spiro atoms. The lowest BCUT2D eigenvalue weighted by Crippen LogP contribution is -2.27. The van der Waals surface area contributed by atoms with Crippen LogP contribution in [0.25, 0.3) is 6.08 Å². The molecule has 140 valence electrons. The van der Waals surface area contributed by atoms with Crippen molar-refractivity contribution in [2.24, 2.45) is 0 Å². The third-order valence-electron chi connectivity index (χ3n) is 4.27. The highest BCUT2D eigenvalue weighted by atomic mass is 35.5. The van der Waals surface area contributed by atoms with E-state index in [1.54, 1.807) is 18.2 Å². The molecule has 1 aliphatic heterocycles. The molecule has 0 saturated carbocycles. The fourth-order valence-electron chi connectivity index (χ4n) is 2.84. The molecule has 2 aromatic rings. The van der Waals surface area contributed by atoms with Crippen LogP contribution in [0.1, 0.15) is 19.4 Å². The molecule has 0 aromatic heterocycles. The Morgan fingerprint density at radius 2 is 1.74 bits per heavy atom. The topological polar surface area (TPSA) is 23.6 Å². The first-order valence-electron chi connectivity index (χ1n) is 8.52. The van der Waals surface area contributed by atoms with Gasteiger partial charge in [-0.3, -0.25) is 9.69 Å². The van der Waals surface area contributed by atoms with Crippen molar-refractivity contribution < 1.29 is 4.79 Å². The number of amides is 1. The van der Waals surface area contributed by atoms with Crippen molar-refractivity contribution in [1.29, 1.82) is 0 Å². The van der Waals surface area contributed by atoms with Crippen molar-refractivity contribution in [3.05, 3.63) is 63.0 Å².